The summed E-state index contributed by atoms with van der Waals surface area (Å²) in [6.07, 6.45) is 6.57. The van der Waals surface area contributed by atoms with Gasteiger partial charge in [0.1, 0.15) is 9.88 Å². The average molecular weight is 342 g/mol. The fourth-order valence-corrected chi connectivity index (χ4v) is 4.80. The third-order valence-electron chi connectivity index (χ3n) is 5.06. The molecule has 0 aliphatic carbocycles. The molecule has 5 nitrogen and oxygen atoms in total. The summed E-state index contributed by atoms with van der Waals surface area (Å²) in [5.74, 6) is 0.0182. The van der Waals surface area contributed by atoms with E-state index in [9.17, 15) is 4.79 Å². The lowest BCUT2D eigenvalue weighted by atomic mass is 9.99. The minimum absolute atomic E-state index is 0.0182. The Kier molecular flexibility index (Phi) is 4.33. The number of amides is 1. The lowest BCUT2D eigenvalue weighted by Gasteiger charge is -2.32. The van der Waals surface area contributed by atoms with Crippen LogP contribution in [0.1, 0.15) is 41.0 Å². The Hall–Kier alpha value is -1.79. The molecule has 2 aliphatic heterocycles. The summed E-state index contributed by atoms with van der Waals surface area (Å²) in [7, 11) is 0. The number of rotatable bonds is 3. The Morgan fingerprint density at radius 3 is 3.04 bits per heavy atom. The molecule has 1 N–H and O–H groups in total. The van der Waals surface area contributed by atoms with Crippen LogP contribution < -0.4 is 5.32 Å². The van der Waals surface area contributed by atoms with Crippen molar-refractivity contribution in [2.75, 3.05) is 13.1 Å². The Bertz CT molecular complexity index is 730. The molecule has 2 aliphatic rings. The number of aryl methyl sites for hydroxylation is 1. The minimum atomic E-state index is 0.0182. The van der Waals surface area contributed by atoms with Gasteiger partial charge in [0.05, 0.1) is 11.4 Å². The number of nitrogens with one attached hydrogen (secondary N) is 1. The lowest BCUT2D eigenvalue weighted by molar-refractivity contribution is 0.0918. The topological polar surface area (TPSA) is 58.1 Å². The van der Waals surface area contributed by atoms with Gasteiger partial charge in [0.15, 0.2) is 0 Å². The van der Waals surface area contributed by atoms with Gasteiger partial charge in [-0.25, -0.2) is 4.98 Å². The summed E-state index contributed by atoms with van der Waals surface area (Å²) >= 11 is 1.43. The number of carbonyl (C=O) groups excluding carboxylic acids is 1. The van der Waals surface area contributed by atoms with Gasteiger partial charge in [-0.3, -0.25) is 14.7 Å². The molecule has 126 valence electrons. The van der Waals surface area contributed by atoms with Gasteiger partial charge >= 0.3 is 0 Å². The van der Waals surface area contributed by atoms with Gasteiger partial charge in [0, 0.05) is 24.8 Å². The molecule has 4 rings (SSSR count). The van der Waals surface area contributed by atoms with Crippen molar-refractivity contribution < 1.29 is 4.79 Å². The van der Waals surface area contributed by atoms with Gasteiger partial charge in [-0.2, -0.15) is 0 Å². The zero-order valence-corrected chi connectivity index (χ0v) is 14.7. The second-order valence-electron chi connectivity index (χ2n) is 6.62. The number of pyridine rings is 1. The van der Waals surface area contributed by atoms with E-state index >= 15 is 0 Å². The monoisotopic (exact) mass is 342 g/mol. The summed E-state index contributed by atoms with van der Waals surface area (Å²) in [6, 6.07) is 6.54. The van der Waals surface area contributed by atoms with Crippen molar-refractivity contribution in [1.82, 2.24) is 20.2 Å². The van der Waals surface area contributed by atoms with E-state index in [0.29, 0.717) is 10.9 Å². The fraction of sp³-hybridized carbons (Fsp3) is 0.500. The highest BCUT2D eigenvalue weighted by Crippen LogP contribution is 2.29. The van der Waals surface area contributed by atoms with E-state index in [0.717, 1.165) is 29.4 Å². The SMILES string of the molecule is Cc1nc(-c2ccccn2)sc1C(=O)N[C@H]1CCN2CCCC[C@H]12. The molecule has 4 heterocycles. The van der Waals surface area contributed by atoms with E-state index in [-0.39, 0.29) is 11.9 Å². The molecule has 2 aromatic rings. The highest BCUT2D eigenvalue weighted by molar-refractivity contribution is 7.17. The first-order chi connectivity index (χ1) is 11.7. The van der Waals surface area contributed by atoms with E-state index in [1.165, 1.54) is 37.1 Å². The van der Waals surface area contributed by atoms with Crippen LogP contribution in [0.3, 0.4) is 0 Å². The summed E-state index contributed by atoms with van der Waals surface area (Å²) in [6.45, 7) is 4.19. The van der Waals surface area contributed by atoms with Crippen molar-refractivity contribution in [3.05, 3.63) is 35.0 Å². The molecular weight excluding hydrogens is 320 g/mol. The molecule has 0 saturated carbocycles. The van der Waals surface area contributed by atoms with Crippen molar-refractivity contribution in [2.24, 2.45) is 0 Å². The zero-order valence-electron chi connectivity index (χ0n) is 13.9. The van der Waals surface area contributed by atoms with Crippen molar-refractivity contribution in [3.63, 3.8) is 0 Å². The molecule has 6 heteroatoms. The summed E-state index contributed by atoms with van der Waals surface area (Å²) < 4.78 is 0. The maximum absolute atomic E-state index is 12.8. The van der Waals surface area contributed by atoms with E-state index in [1.54, 1.807) is 6.20 Å². The molecule has 0 spiro atoms. The van der Waals surface area contributed by atoms with Crippen molar-refractivity contribution in [1.29, 1.82) is 0 Å². The Morgan fingerprint density at radius 2 is 2.21 bits per heavy atom. The van der Waals surface area contributed by atoms with Gasteiger partial charge in [-0.15, -0.1) is 11.3 Å². The van der Waals surface area contributed by atoms with Crippen molar-refractivity contribution >= 4 is 17.2 Å². The number of piperidine rings is 1. The van der Waals surface area contributed by atoms with Crippen molar-refractivity contribution in [2.45, 2.75) is 44.7 Å². The largest absolute Gasteiger partial charge is 0.347 e. The zero-order chi connectivity index (χ0) is 16.5. The molecule has 2 atom stereocenters. The molecule has 24 heavy (non-hydrogen) atoms. The normalized spacial score (nSPS) is 23.9. The van der Waals surface area contributed by atoms with Gasteiger partial charge < -0.3 is 5.32 Å². The molecule has 2 aromatic heterocycles. The van der Waals surface area contributed by atoms with E-state index < -0.39 is 0 Å². The molecule has 2 fully saturated rings. The maximum atomic E-state index is 12.8. The van der Waals surface area contributed by atoms with E-state index in [4.69, 9.17) is 0 Å². The smallest absolute Gasteiger partial charge is 0.263 e. The second-order valence-corrected chi connectivity index (χ2v) is 7.62. The van der Waals surface area contributed by atoms with Crippen LogP contribution >= 0.6 is 11.3 Å². The number of carbonyl (C=O) groups is 1. The Labute approximate surface area is 146 Å². The predicted octanol–water partition coefficient (Wildman–Crippen LogP) is 2.87. The van der Waals surface area contributed by atoms with Crippen LogP contribution in [-0.2, 0) is 0 Å². The van der Waals surface area contributed by atoms with E-state index in [1.807, 2.05) is 25.1 Å². The maximum Gasteiger partial charge on any atom is 0.263 e. The first kappa shape index (κ1) is 15.7. The molecular formula is C18H22N4OS. The number of hydrogen-bond acceptors (Lipinski definition) is 5. The van der Waals surface area contributed by atoms with Crippen LogP contribution in [0.5, 0.6) is 0 Å². The number of thiazole rings is 1. The third kappa shape index (κ3) is 2.96. The first-order valence-electron chi connectivity index (χ1n) is 8.66. The lowest BCUT2D eigenvalue weighted by Crippen LogP contribution is -2.46. The third-order valence-corrected chi connectivity index (χ3v) is 6.24. The Balaban J connectivity index is 1.50. The molecule has 0 radical (unpaired) electrons. The van der Waals surface area contributed by atoms with Gasteiger partial charge in [-0.1, -0.05) is 12.5 Å². The van der Waals surface area contributed by atoms with Gasteiger partial charge in [-0.05, 0) is 44.9 Å². The van der Waals surface area contributed by atoms with Crippen LogP contribution in [0.15, 0.2) is 24.4 Å². The molecule has 0 unspecified atom stereocenters. The van der Waals surface area contributed by atoms with Crippen LogP contribution in [0.25, 0.3) is 10.7 Å². The molecule has 0 aromatic carbocycles. The minimum Gasteiger partial charge on any atom is -0.347 e. The van der Waals surface area contributed by atoms with Crippen LogP contribution in [-0.4, -0.2) is 45.9 Å². The Morgan fingerprint density at radius 1 is 1.29 bits per heavy atom. The first-order valence-corrected chi connectivity index (χ1v) is 9.48. The van der Waals surface area contributed by atoms with Gasteiger partial charge in [0.2, 0.25) is 0 Å². The number of nitrogens with zero attached hydrogens (tertiary/aromatic N) is 3. The fourth-order valence-electron chi connectivity index (χ4n) is 3.86. The molecule has 1 amide bonds. The standard InChI is InChI=1S/C18H22N4OS/c1-12-16(24-18(20-12)14-6-2-4-9-19-14)17(23)21-13-8-11-22-10-5-3-7-15(13)22/h2,4,6,9,13,15H,3,5,7-8,10-11H2,1H3,(H,21,23)/t13-,15+/m0/s1. The number of fused-ring (bicyclic) bond motifs is 1. The summed E-state index contributed by atoms with van der Waals surface area (Å²) in [4.78, 5) is 24.9. The van der Waals surface area contributed by atoms with Crippen LogP contribution in [0.2, 0.25) is 0 Å². The van der Waals surface area contributed by atoms with Crippen LogP contribution in [0.4, 0.5) is 0 Å². The second kappa shape index (κ2) is 6.61. The average Bonchev–Trinajstić information content (AvgIpc) is 3.20. The molecule has 0 bridgehead atoms. The predicted molar refractivity (Wildman–Crippen MR) is 95.2 cm³/mol. The van der Waals surface area contributed by atoms with Crippen LogP contribution in [0, 0.1) is 6.92 Å². The summed E-state index contributed by atoms with van der Waals surface area (Å²) in [5, 5.41) is 4.08. The quantitative estimate of drug-likeness (QED) is 0.932. The van der Waals surface area contributed by atoms with E-state index in [2.05, 4.69) is 20.2 Å². The molecule has 2 saturated heterocycles. The van der Waals surface area contributed by atoms with Gasteiger partial charge in [0.25, 0.3) is 5.91 Å². The van der Waals surface area contributed by atoms with Crippen molar-refractivity contribution in [3.8, 4) is 10.7 Å². The number of aromatic nitrogens is 2. The number of hydrogen-bond donors (Lipinski definition) is 1. The summed E-state index contributed by atoms with van der Waals surface area (Å²) in [5.41, 5.74) is 1.61. The highest BCUT2D eigenvalue weighted by atomic mass is 32.1. The highest BCUT2D eigenvalue weighted by Gasteiger charge is 2.36.